The van der Waals surface area contributed by atoms with Gasteiger partial charge < -0.3 is 9.64 Å². The number of carbonyl (C=O) groups excluding carboxylic acids is 1. The summed E-state index contributed by atoms with van der Waals surface area (Å²) in [6.07, 6.45) is 3.74. The summed E-state index contributed by atoms with van der Waals surface area (Å²) in [4.78, 5) is 18.2. The summed E-state index contributed by atoms with van der Waals surface area (Å²) in [5, 5.41) is 0. The molecule has 0 saturated carbocycles. The van der Waals surface area contributed by atoms with Crippen LogP contribution in [0, 0.1) is 6.92 Å². The first kappa shape index (κ1) is 17.3. The highest BCUT2D eigenvalue weighted by molar-refractivity contribution is 5.87. The normalized spacial score (nSPS) is 16.3. The molecule has 1 atom stereocenters. The number of nitrogens with zero attached hydrogens (tertiary/aromatic N) is 2. The molecule has 4 rings (SSSR count). The van der Waals surface area contributed by atoms with Crippen molar-refractivity contribution in [3.05, 3.63) is 78.0 Å². The molecule has 2 heterocycles. The molecule has 27 heavy (non-hydrogen) atoms. The Morgan fingerprint density at radius 2 is 1.93 bits per heavy atom. The molecule has 1 aliphatic rings. The van der Waals surface area contributed by atoms with Gasteiger partial charge in [0.1, 0.15) is 6.10 Å². The molecule has 0 aliphatic carbocycles. The van der Waals surface area contributed by atoms with Crippen LogP contribution in [0.25, 0.3) is 11.1 Å². The fourth-order valence-electron chi connectivity index (χ4n) is 3.48. The van der Waals surface area contributed by atoms with Crippen LogP contribution in [0.3, 0.4) is 0 Å². The van der Waals surface area contributed by atoms with Crippen molar-refractivity contribution in [3.63, 3.8) is 0 Å². The summed E-state index contributed by atoms with van der Waals surface area (Å²) in [5.41, 5.74) is 4.96. The Kier molecular flexibility index (Phi) is 4.88. The van der Waals surface area contributed by atoms with Crippen molar-refractivity contribution in [1.82, 2.24) is 4.98 Å². The zero-order valence-corrected chi connectivity index (χ0v) is 15.3. The van der Waals surface area contributed by atoms with Crippen LogP contribution >= 0.6 is 0 Å². The van der Waals surface area contributed by atoms with E-state index in [-0.39, 0.29) is 6.10 Å². The Labute approximate surface area is 159 Å². The Balaban J connectivity index is 1.50. The number of aryl methyl sites for hydroxylation is 1. The summed E-state index contributed by atoms with van der Waals surface area (Å²) in [5.74, 6) is 0.655. The quantitative estimate of drug-likeness (QED) is 0.629. The zero-order valence-electron chi connectivity index (χ0n) is 15.3. The number of aromatic nitrogens is 1. The summed E-state index contributed by atoms with van der Waals surface area (Å²) < 4.78 is 6.01. The van der Waals surface area contributed by atoms with Crippen molar-refractivity contribution < 1.29 is 9.53 Å². The van der Waals surface area contributed by atoms with Gasteiger partial charge in [-0.05, 0) is 35.7 Å². The van der Waals surface area contributed by atoms with E-state index < -0.39 is 0 Å². The molecule has 4 nitrogen and oxygen atoms in total. The molecule has 0 N–H and O–H groups in total. The van der Waals surface area contributed by atoms with Crippen molar-refractivity contribution in [1.29, 1.82) is 0 Å². The maximum atomic E-state index is 11.7. The smallest absolute Gasteiger partial charge is 0.213 e. The number of aldehydes is 1. The van der Waals surface area contributed by atoms with Crippen molar-refractivity contribution in [2.45, 2.75) is 19.4 Å². The first-order valence-corrected chi connectivity index (χ1v) is 9.22. The molecule has 1 fully saturated rings. The molecular formula is C23H22N2O2. The number of hydrogen-bond acceptors (Lipinski definition) is 4. The number of hydrogen-bond donors (Lipinski definition) is 0. The van der Waals surface area contributed by atoms with Gasteiger partial charge in [0, 0.05) is 36.5 Å². The van der Waals surface area contributed by atoms with Crippen LogP contribution in [0.1, 0.15) is 22.3 Å². The molecule has 0 bridgehead atoms. The lowest BCUT2D eigenvalue weighted by atomic mass is 10.0. The fraction of sp³-hybridized carbons (Fsp3) is 0.217. The van der Waals surface area contributed by atoms with Gasteiger partial charge in [0.15, 0.2) is 6.29 Å². The summed E-state index contributed by atoms with van der Waals surface area (Å²) in [6.45, 7) is 3.62. The first-order valence-electron chi connectivity index (χ1n) is 9.22. The van der Waals surface area contributed by atoms with E-state index in [1.807, 2.05) is 55.6 Å². The van der Waals surface area contributed by atoms with Gasteiger partial charge in [0.2, 0.25) is 5.88 Å². The highest BCUT2D eigenvalue weighted by atomic mass is 16.5. The van der Waals surface area contributed by atoms with E-state index in [1.165, 1.54) is 0 Å². The average molecular weight is 358 g/mol. The average Bonchev–Trinajstić information content (AvgIpc) is 3.18. The molecule has 1 saturated heterocycles. The summed E-state index contributed by atoms with van der Waals surface area (Å²) in [6, 6.07) is 20.1. The molecular weight excluding hydrogens is 336 g/mol. The van der Waals surface area contributed by atoms with E-state index in [2.05, 4.69) is 28.1 Å². The number of anilines is 1. The number of pyridine rings is 1. The molecule has 1 aliphatic heterocycles. The zero-order chi connectivity index (χ0) is 18.6. The van der Waals surface area contributed by atoms with E-state index in [9.17, 15) is 4.79 Å². The van der Waals surface area contributed by atoms with Crippen molar-refractivity contribution in [3.8, 4) is 17.0 Å². The van der Waals surface area contributed by atoms with Gasteiger partial charge in [-0.25, -0.2) is 4.98 Å². The van der Waals surface area contributed by atoms with Gasteiger partial charge in [-0.1, -0.05) is 42.5 Å². The van der Waals surface area contributed by atoms with Crippen molar-refractivity contribution in [2.75, 3.05) is 18.0 Å². The third-order valence-corrected chi connectivity index (χ3v) is 4.92. The molecule has 0 amide bonds. The summed E-state index contributed by atoms with van der Waals surface area (Å²) in [7, 11) is 0. The van der Waals surface area contributed by atoms with Gasteiger partial charge in [0.05, 0.1) is 6.54 Å². The first-order chi connectivity index (χ1) is 13.2. The minimum Gasteiger partial charge on any atom is -0.472 e. The third-order valence-electron chi connectivity index (χ3n) is 4.92. The highest BCUT2D eigenvalue weighted by Crippen LogP contribution is 2.29. The van der Waals surface area contributed by atoms with Gasteiger partial charge in [-0.3, -0.25) is 4.79 Å². The predicted octanol–water partition coefficient (Wildman–Crippen LogP) is 4.53. The fourth-order valence-corrected chi connectivity index (χ4v) is 3.48. The number of benzene rings is 2. The SMILES string of the molecule is Cc1ccc(O[C@@H]2CCN(c3ccc(-c4ccccc4)cc3C=O)C2)nc1. The van der Waals surface area contributed by atoms with Gasteiger partial charge in [0.25, 0.3) is 0 Å². The lowest BCUT2D eigenvalue weighted by molar-refractivity contribution is 0.112. The standard InChI is InChI=1S/C23H22N2O2/c1-17-7-10-23(24-14-17)27-21-11-12-25(15-21)22-9-8-19(13-20(22)16-26)18-5-3-2-4-6-18/h2-10,13-14,16,21H,11-12,15H2,1H3/t21-/m1/s1. The molecule has 2 aromatic carbocycles. The van der Waals surface area contributed by atoms with Crippen LogP contribution in [0.15, 0.2) is 66.9 Å². The Morgan fingerprint density at radius 1 is 1.07 bits per heavy atom. The molecule has 3 aromatic rings. The largest absolute Gasteiger partial charge is 0.472 e. The minimum atomic E-state index is 0.0773. The van der Waals surface area contributed by atoms with Crippen LogP contribution in [-0.4, -0.2) is 30.5 Å². The van der Waals surface area contributed by atoms with Crippen LogP contribution in [0.2, 0.25) is 0 Å². The van der Waals surface area contributed by atoms with E-state index in [0.29, 0.717) is 11.4 Å². The second-order valence-corrected chi connectivity index (χ2v) is 6.91. The Hall–Kier alpha value is -3.14. The number of rotatable bonds is 5. The van der Waals surface area contributed by atoms with Crippen molar-refractivity contribution >= 4 is 12.0 Å². The molecule has 0 radical (unpaired) electrons. The molecule has 1 aromatic heterocycles. The van der Waals surface area contributed by atoms with Crippen LogP contribution < -0.4 is 9.64 Å². The second kappa shape index (κ2) is 7.62. The lowest BCUT2D eigenvalue weighted by Gasteiger charge is -2.21. The maximum Gasteiger partial charge on any atom is 0.213 e. The Morgan fingerprint density at radius 3 is 2.67 bits per heavy atom. The summed E-state index contributed by atoms with van der Waals surface area (Å²) >= 11 is 0. The number of carbonyl (C=O) groups is 1. The number of ether oxygens (including phenoxy) is 1. The van der Waals surface area contributed by atoms with Gasteiger partial charge >= 0.3 is 0 Å². The van der Waals surface area contributed by atoms with Crippen molar-refractivity contribution in [2.24, 2.45) is 0 Å². The molecule has 0 unspecified atom stereocenters. The van der Waals surface area contributed by atoms with E-state index in [4.69, 9.17) is 4.74 Å². The van der Waals surface area contributed by atoms with Crippen LogP contribution in [-0.2, 0) is 0 Å². The predicted molar refractivity (Wildman–Crippen MR) is 107 cm³/mol. The van der Waals surface area contributed by atoms with E-state index in [0.717, 1.165) is 48.2 Å². The monoisotopic (exact) mass is 358 g/mol. The van der Waals surface area contributed by atoms with Crippen LogP contribution in [0.5, 0.6) is 5.88 Å². The molecule has 136 valence electrons. The van der Waals surface area contributed by atoms with E-state index in [1.54, 1.807) is 0 Å². The Bertz CT molecular complexity index is 923. The maximum absolute atomic E-state index is 11.7. The topological polar surface area (TPSA) is 42.4 Å². The van der Waals surface area contributed by atoms with Gasteiger partial charge in [-0.15, -0.1) is 0 Å². The molecule has 4 heteroatoms. The minimum absolute atomic E-state index is 0.0773. The molecule has 0 spiro atoms. The highest BCUT2D eigenvalue weighted by Gasteiger charge is 2.26. The van der Waals surface area contributed by atoms with Gasteiger partial charge in [-0.2, -0.15) is 0 Å². The van der Waals surface area contributed by atoms with Crippen LogP contribution in [0.4, 0.5) is 5.69 Å². The second-order valence-electron chi connectivity index (χ2n) is 6.91. The lowest BCUT2D eigenvalue weighted by Crippen LogP contribution is -2.25. The van der Waals surface area contributed by atoms with E-state index >= 15 is 0 Å². The third kappa shape index (κ3) is 3.85.